The highest BCUT2D eigenvalue weighted by Gasteiger charge is 2.21. The number of rotatable bonds is 4. The lowest BCUT2D eigenvalue weighted by Crippen LogP contribution is -2.36. The van der Waals surface area contributed by atoms with E-state index in [9.17, 15) is 4.79 Å². The molecule has 2 aromatic heterocycles. The molecule has 6 heteroatoms. The summed E-state index contributed by atoms with van der Waals surface area (Å²) in [7, 11) is 0. The van der Waals surface area contributed by atoms with E-state index in [1.165, 1.54) is 5.56 Å². The van der Waals surface area contributed by atoms with Crippen LogP contribution in [0.5, 0.6) is 0 Å². The maximum absolute atomic E-state index is 12.4. The minimum atomic E-state index is 0.239. The third kappa shape index (κ3) is 4.00. The van der Waals surface area contributed by atoms with Crippen molar-refractivity contribution in [2.75, 3.05) is 26.2 Å². The standard InChI is InChI=1S/C17H23N3O2S/c1-13-16(14(2)22-18-13)11-19-5-3-6-20(8-7-19)17(21)10-15-4-9-23-12-15/h4,9,12H,3,5-8,10-11H2,1-2H3. The lowest BCUT2D eigenvalue weighted by atomic mass is 10.2. The normalized spacial score (nSPS) is 16.5. The Morgan fingerprint density at radius 1 is 1.30 bits per heavy atom. The molecule has 0 atom stereocenters. The fourth-order valence-electron chi connectivity index (χ4n) is 3.01. The highest BCUT2D eigenvalue weighted by atomic mass is 32.1. The average molecular weight is 333 g/mol. The zero-order valence-electron chi connectivity index (χ0n) is 13.7. The third-order valence-corrected chi connectivity index (χ3v) is 5.17. The topological polar surface area (TPSA) is 49.6 Å². The number of carbonyl (C=O) groups is 1. The van der Waals surface area contributed by atoms with Gasteiger partial charge in [0.25, 0.3) is 0 Å². The molecule has 0 saturated carbocycles. The smallest absolute Gasteiger partial charge is 0.227 e. The monoisotopic (exact) mass is 333 g/mol. The Hall–Kier alpha value is -1.66. The van der Waals surface area contributed by atoms with Crippen molar-refractivity contribution in [1.82, 2.24) is 15.0 Å². The Kier molecular flexibility index (Phi) is 5.13. The number of aryl methyl sites for hydroxylation is 2. The van der Waals surface area contributed by atoms with Gasteiger partial charge in [0, 0.05) is 38.3 Å². The molecule has 0 aromatic carbocycles. The van der Waals surface area contributed by atoms with Gasteiger partial charge in [-0.2, -0.15) is 11.3 Å². The van der Waals surface area contributed by atoms with Crippen LogP contribution in [0.15, 0.2) is 21.3 Å². The fourth-order valence-corrected chi connectivity index (χ4v) is 3.68. The Morgan fingerprint density at radius 3 is 2.87 bits per heavy atom. The molecule has 3 heterocycles. The van der Waals surface area contributed by atoms with Gasteiger partial charge in [-0.1, -0.05) is 5.16 Å². The summed E-state index contributed by atoms with van der Waals surface area (Å²) in [6.07, 6.45) is 1.53. The van der Waals surface area contributed by atoms with E-state index >= 15 is 0 Å². The molecule has 0 aliphatic carbocycles. The highest BCUT2D eigenvalue weighted by molar-refractivity contribution is 7.07. The minimum Gasteiger partial charge on any atom is -0.361 e. The zero-order valence-corrected chi connectivity index (χ0v) is 14.6. The van der Waals surface area contributed by atoms with Crippen LogP contribution in [0.3, 0.4) is 0 Å². The number of nitrogens with zero attached hydrogens (tertiary/aromatic N) is 3. The second-order valence-electron chi connectivity index (χ2n) is 6.12. The summed E-state index contributed by atoms with van der Waals surface area (Å²) in [6, 6.07) is 2.03. The van der Waals surface area contributed by atoms with Crippen molar-refractivity contribution in [1.29, 1.82) is 0 Å². The summed E-state index contributed by atoms with van der Waals surface area (Å²) in [5.74, 6) is 1.14. The van der Waals surface area contributed by atoms with E-state index in [-0.39, 0.29) is 5.91 Å². The van der Waals surface area contributed by atoms with Crippen LogP contribution in [0.1, 0.15) is 29.0 Å². The molecule has 0 bridgehead atoms. The van der Waals surface area contributed by atoms with E-state index in [4.69, 9.17) is 4.52 Å². The van der Waals surface area contributed by atoms with E-state index in [0.717, 1.165) is 56.2 Å². The number of aromatic nitrogens is 1. The van der Waals surface area contributed by atoms with Crippen LogP contribution in [0.4, 0.5) is 0 Å². The summed E-state index contributed by atoms with van der Waals surface area (Å²) in [6.45, 7) is 8.36. The first-order chi connectivity index (χ1) is 11.1. The Bertz CT molecular complexity index is 631. The molecule has 1 aliphatic rings. The minimum absolute atomic E-state index is 0.239. The SMILES string of the molecule is Cc1noc(C)c1CN1CCCN(C(=O)Cc2ccsc2)CC1. The van der Waals surface area contributed by atoms with Gasteiger partial charge < -0.3 is 9.42 Å². The van der Waals surface area contributed by atoms with Gasteiger partial charge in [-0.15, -0.1) is 0 Å². The lowest BCUT2D eigenvalue weighted by Gasteiger charge is -2.22. The second-order valence-corrected chi connectivity index (χ2v) is 6.90. The van der Waals surface area contributed by atoms with E-state index < -0.39 is 0 Å². The molecule has 1 saturated heterocycles. The predicted octanol–water partition coefficient (Wildman–Crippen LogP) is 2.63. The van der Waals surface area contributed by atoms with Gasteiger partial charge in [-0.25, -0.2) is 0 Å². The molecule has 0 radical (unpaired) electrons. The van der Waals surface area contributed by atoms with Gasteiger partial charge in [-0.05, 0) is 42.7 Å². The van der Waals surface area contributed by atoms with E-state index in [2.05, 4.69) is 15.4 Å². The van der Waals surface area contributed by atoms with Gasteiger partial charge in [0.2, 0.25) is 5.91 Å². The van der Waals surface area contributed by atoms with Crippen LogP contribution in [-0.4, -0.2) is 47.0 Å². The molecular weight excluding hydrogens is 310 g/mol. The quantitative estimate of drug-likeness (QED) is 0.863. The van der Waals surface area contributed by atoms with Crippen molar-refractivity contribution < 1.29 is 9.32 Å². The molecule has 3 rings (SSSR count). The fraction of sp³-hybridized carbons (Fsp3) is 0.529. The first-order valence-electron chi connectivity index (χ1n) is 8.06. The average Bonchev–Trinajstić information content (AvgIpc) is 3.06. The van der Waals surface area contributed by atoms with Gasteiger partial charge in [0.05, 0.1) is 12.1 Å². The first-order valence-corrected chi connectivity index (χ1v) is 9.00. The molecule has 0 unspecified atom stereocenters. The first kappa shape index (κ1) is 16.2. The third-order valence-electron chi connectivity index (χ3n) is 4.44. The summed E-state index contributed by atoms with van der Waals surface area (Å²) in [4.78, 5) is 16.8. The molecule has 5 nitrogen and oxygen atoms in total. The van der Waals surface area contributed by atoms with Crippen LogP contribution in [-0.2, 0) is 17.8 Å². The van der Waals surface area contributed by atoms with E-state index in [1.54, 1.807) is 11.3 Å². The largest absolute Gasteiger partial charge is 0.361 e. The van der Waals surface area contributed by atoms with Crippen LogP contribution < -0.4 is 0 Å². The molecule has 0 N–H and O–H groups in total. The molecule has 1 amide bonds. The Balaban J connectivity index is 1.55. The molecule has 1 aliphatic heterocycles. The second kappa shape index (κ2) is 7.27. The van der Waals surface area contributed by atoms with Crippen molar-refractivity contribution in [2.24, 2.45) is 0 Å². The van der Waals surface area contributed by atoms with E-state index in [1.807, 2.05) is 30.2 Å². The highest BCUT2D eigenvalue weighted by Crippen LogP contribution is 2.17. The van der Waals surface area contributed by atoms with Crippen molar-refractivity contribution in [2.45, 2.75) is 33.2 Å². The van der Waals surface area contributed by atoms with Gasteiger partial charge in [-0.3, -0.25) is 9.69 Å². The maximum atomic E-state index is 12.4. The van der Waals surface area contributed by atoms with Crippen LogP contribution in [0.25, 0.3) is 0 Å². The Morgan fingerprint density at radius 2 is 2.17 bits per heavy atom. The van der Waals surface area contributed by atoms with Crippen molar-refractivity contribution in [3.63, 3.8) is 0 Å². The molecule has 124 valence electrons. The van der Waals surface area contributed by atoms with Crippen molar-refractivity contribution in [3.8, 4) is 0 Å². The zero-order chi connectivity index (χ0) is 16.2. The van der Waals surface area contributed by atoms with Crippen LogP contribution >= 0.6 is 11.3 Å². The molecule has 2 aromatic rings. The van der Waals surface area contributed by atoms with Crippen LogP contribution in [0, 0.1) is 13.8 Å². The van der Waals surface area contributed by atoms with Crippen molar-refractivity contribution in [3.05, 3.63) is 39.4 Å². The van der Waals surface area contributed by atoms with Gasteiger partial charge >= 0.3 is 0 Å². The summed E-state index contributed by atoms with van der Waals surface area (Å²) in [5.41, 5.74) is 3.28. The van der Waals surface area contributed by atoms with E-state index in [0.29, 0.717) is 6.42 Å². The molecule has 0 spiro atoms. The maximum Gasteiger partial charge on any atom is 0.227 e. The van der Waals surface area contributed by atoms with Gasteiger partial charge in [0.15, 0.2) is 0 Å². The molecule has 1 fully saturated rings. The predicted molar refractivity (Wildman–Crippen MR) is 90.5 cm³/mol. The number of hydrogen-bond acceptors (Lipinski definition) is 5. The summed E-state index contributed by atoms with van der Waals surface area (Å²) >= 11 is 1.64. The Labute approximate surface area is 140 Å². The summed E-state index contributed by atoms with van der Waals surface area (Å²) in [5, 5.41) is 8.10. The number of carbonyl (C=O) groups excluding carboxylic acids is 1. The number of amides is 1. The lowest BCUT2D eigenvalue weighted by molar-refractivity contribution is -0.130. The van der Waals surface area contributed by atoms with Crippen LogP contribution in [0.2, 0.25) is 0 Å². The van der Waals surface area contributed by atoms with Crippen molar-refractivity contribution >= 4 is 17.2 Å². The molecular formula is C17H23N3O2S. The number of thiophene rings is 1. The number of hydrogen-bond donors (Lipinski definition) is 0. The van der Waals surface area contributed by atoms with Gasteiger partial charge in [0.1, 0.15) is 5.76 Å². The molecule has 23 heavy (non-hydrogen) atoms. The summed E-state index contributed by atoms with van der Waals surface area (Å²) < 4.78 is 5.25.